The van der Waals surface area contributed by atoms with Crippen molar-refractivity contribution in [2.24, 2.45) is 17.8 Å². The third-order valence-corrected chi connectivity index (χ3v) is 11.4. The van der Waals surface area contributed by atoms with E-state index in [1.54, 1.807) is 4.90 Å². The molecule has 3 aliphatic rings. The van der Waals surface area contributed by atoms with Crippen LogP contribution in [0.3, 0.4) is 0 Å². The van der Waals surface area contributed by atoms with Crippen LogP contribution in [0, 0.1) is 17.8 Å². The fourth-order valence-electron chi connectivity index (χ4n) is 7.88. The number of benzene rings is 3. The summed E-state index contributed by atoms with van der Waals surface area (Å²) in [6, 6.07) is 18.6. The molecule has 9 heteroatoms. The van der Waals surface area contributed by atoms with E-state index in [0.717, 1.165) is 95.3 Å². The summed E-state index contributed by atoms with van der Waals surface area (Å²) in [5.41, 5.74) is 5.68. The van der Waals surface area contributed by atoms with Crippen LogP contribution < -0.4 is 5.32 Å². The van der Waals surface area contributed by atoms with Gasteiger partial charge in [0, 0.05) is 54.5 Å². The maximum Gasteiger partial charge on any atom is 0.247 e. The van der Waals surface area contributed by atoms with Crippen molar-refractivity contribution in [3.63, 3.8) is 0 Å². The average Bonchev–Trinajstić information content (AvgIpc) is 3.93. The Morgan fingerprint density at radius 1 is 0.843 bits per heavy atom. The van der Waals surface area contributed by atoms with Crippen LogP contribution in [-0.4, -0.2) is 63.2 Å². The molecule has 9 nitrogen and oxygen atoms in total. The first-order valence-electron chi connectivity index (χ1n) is 18.9. The van der Waals surface area contributed by atoms with Gasteiger partial charge in [-0.15, -0.1) is 0 Å². The summed E-state index contributed by atoms with van der Waals surface area (Å²) >= 11 is 0. The Balaban J connectivity index is 1.10. The maximum atomic E-state index is 13.5. The largest absolute Gasteiger partial charge is 0.377 e. The van der Waals surface area contributed by atoms with Gasteiger partial charge in [-0.05, 0) is 90.6 Å². The number of carbonyl (C=O) groups excluding carboxylic acids is 3. The molecule has 0 saturated carbocycles. The molecule has 268 valence electrons. The predicted molar refractivity (Wildman–Crippen MR) is 201 cm³/mol. The van der Waals surface area contributed by atoms with Crippen LogP contribution in [0.1, 0.15) is 90.1 Å². The molecule has 3 amide bonds. The number of hydrogen-bond donors (Lipinski definition) is 2. The molecule has 4 aromatic rings. The van der Waals surface area contributed by atoms with Crippen LogP contribution in [0.15, 0.2) is 60.8 Å². The molecule has 0 aliphatic carbocycles. The van der Waals surface area contributed by atoms with Crippen LogP contribution >= 0.6 is 0 Å². The molecule has 0 spiro atoms. The summed E-state index contributed by atoms with van der Waals surface area (Å²) in [5.74, 6) is 1.23. The molecule has 7 rings (SSSR count). The lowest BCUT2D eigenvalue weighted by Crippen LogP contribution is -2.45. The minimum atomic E-state index is -0.435. The van der Waals surface area contributed by atoms with Crippen LogP contribution in [0.2, 0.25) is 0 Å². The molecule has 3 aliphatic heterocycles. The summed E-state index contributed by atoms with van der Waals surface area (Å²) < 4.78 is 6.10. The van der Waals surface area contributed by atoms with E-state index in [9.17, 15) is 14.4 Å². The minimum Gasteiger partial charge on any atom is -0.377 e. The Bertz CT molecular complexity index is 1920. The van der Waals surface area contributed by atoms with E-state index in [0.29, 0.717) is 32.1 Å². The Morgan fingerprint density at radius 2 is 1.55 bits per heavy atom. The lowest BCUT2D eigenvalue weighted by Gasteiger charge is -2.27. The number of rotatable bonds is 5. The summed E-state index contributed by atoms with van der Waals surface area (Å²) in [7, 11) is 0. The molecule has 0 radical (unpaired) electrons. The van der Waals surface area contributed by atoms with Gasteiger partial charge in [-0.1, -0.05) is 64.4 Å². The number of hydrogen-bond acceptors (Lipinski definition) is 5. The van der Waals surface area contributed by atoms with Crippen LogP contribution in [0.5, 0.6) is 0 Å². The van der Waals surface area contributed by atoms with E-state index in [4.69, 9.17) is 9.72 Å². The van der Waals surface area contributed by atoms with Gasteiger partial charge in [0.1, 0.15) is 11.9 Å². The zero-order chi connectivity index (χ0) is 35.6. The first-order valence-corrected chi connectivity index (χ1v) is 18.9. The van der Waals surface area contributed by atoms with Crippen molar-refractivity contribution in [1.29, 1.82) is 0 Å². The highest BCUT2D eigenvalue weighted by Crippen LogP contribution is 2.35. The van der Waals surface area contributed by atoms with Crippen molar-refractivity contribution in [2.45, 2.75) is 91.3 Å². The SMILES string of the molecule is CC(C)[C@H](C)C(=O)N1CCC[C@H]1c1nc(-c2ccc3cc(-c4ccc5c(c4)COCCCC[C@H](C)C(=O)N4CCC[C@H]4C(=O)N5)ccc3c2)c[nH]1. The summed E-state index contributed by atoms with van der Waals surface area (Å²) in [4.78, 5) is 52.1. The van der Waals surface area contributed by atoms with Crippen LogP contribution in [0.4, 0.5) is 5.69 Å². The number of carbonyl (C=O) groups is 3. The number of ether oxygens (including phenoxy) is 1. The second-order valence-electron chi connectivity index (χ2n) is 15.2. The van der Waals surface area contributed by atoms with Gasteiger partial charge in [-0.3, -0.25) is 14.4 Å². The van der Waals surface area contributed by atoms with Crippen molar-refractivity contribution in [1.82, 2.24) is 19.8 Å². The average molecular weight is 690 g/mol. The van der Waals surface area contributed by atoms with E-state index in [-0.39, 0.29) is 35.6 Å². The Kier molecular flexibility index (Phi) is 10.3. The first kappa shape index (κ1) is 34.9. The lowest BCUT2D eigenvalue weighted by atomic mass is 9.96. The van der Waals surface area contributed by atoms with Gasteiger partial charge < -0.3 is 24.8 Å². The van der Waals surface area contributed by atoms with Gasteiger partial charge in [-0.2, -0.15) is 0 Å². The van der Waals surface area contributed by atoms with Gasteiger partial charge in [0.2, 0.25) is 17.7 Å². The summed E-state index contributed by atoms with van der Waals surface area (Å²) in [5, 5.41) is 5.38. The third kappa shape index (κ3) is 7.31. The van der Waals surface area contributed by atoms with Gasteiger partial charge in [-0.25, -0.2) is 4.98 Å². The minimum absolute atomic E-state index is 0.0113. The Hall–Kier alpha value is -4.50. The topological polar surface area (TPSA) is 108 Å². The second kappa shape index (κ2) is 15.0. The van der Waals surface area contributed by atoms with E-state index in [2.05, 4.69) is 66.6 Å². The van der Waals surface area contributed by atoms with Crippen molar-refractivity contribution >= 4 is 34.2 Å². The molecule has 1 aromatic heterocycles. The molecule has 51 heavy (non-hydrogen) atoms. The number of H-pyrrole nitrogens is 1. The zero-order valence-electron chi connectivity index (χ0n) is 30.4. The van der Waals surface area contributed by atoms with E-state index >= 15 is 0 Å². The molecule has 4 atom stereocenters. The number of imidazole rings is 1. The molecular formula is C42H51N5O4. The highest BCUT2D eigenvalue weighted by molar-refractivity contribution is 5.99. The zero-order valence-corrected chi connectivity index (χ0v) is 30.4. The van der Waals surface area contributed by atoms with Crippen LogP contribution in [-0.2, 0) is 25.7 Å². The van der Waals surface area contributed by atoms with Crippen LogP contribution in [0.25, 0.3) is 33.2 Å². The molecule has 2 N–H and O–H groups in total. The molecule has 3 aromatic carbocycles. The van der Waals surface area contributed by atoms with Crippen molar-refractivity contribution in [2.75, 3.05) is 25.0 Å². The number of nitrogens with one attached hydrogen (secondary N) is 2. The fourth-order valence-corrected chi connectivity index (χ4v) is 7.88. The highest BCUT2D eigenvalue weighted by Gasteiger charge is 2.37. The number of anilines is 1. The predicted octanol–water partition coefficient (Wildman–Crippen LogP) is 8.12. The quantitative estimate of drug-likeness (QED) is 0.220. The first-order chi connectivity index (χ1) is 24.7. The molecular weight excluding hydrogens is 638 g/mol. The number of aromatic amines is 1. The van der Waals surface area contributed by atoms with Crippen molar-refractivity contribution in [3.8, 4) is 22.4 Å². The van der Waals surface area contributed by atoms with Gasteiger partial charge in [0.05, 0.1) is 18.3 Å². The van der Waals surface area contributed by atoms with Gasteiger partial charge in [0.15, 0.2) is 0 Å². The molecule has 0 bridgehead atoms. The van der Waals surface area contributed by atoms with Gasteiger partial charge in [0.25, 0.3) is 0 Å². The van der Waals surface area contributed by atoms with E-state index in [1.807, 2.05) is 37.1 Å². The summed E-state index contributed by atoms with van der Waals surface area (Å²) in [6.45, 7) is 10.6. The van der Waals surface area contributed by atoms with Crippen molar-refractivity contribution < 1.29 is 19.1 Å². The molecule has 2 saturated heterocycles. The van der Waals surface area contributed by atoms with E-state index in [1.165, 1.54) is 0 Å². The molecule has 4 heterocycles. The number of likely N-dealkylation sites (tertiary alicyclic amines) is 1. The third-order valence-electron chi connectivity index (χ3n) is 11.4. The van der Waals surface area contributed by atoms with E-state index < -0.39 is 6.04 Å². The fraction of sp³-hybridized carbons (Fsp3) is 0.476. The molecule has 2 fully saturated rings. The Labute approximate surface area is 301 Å². The monoisotopic (exact) mass is 689 g/mol. The smallest absolute Gasteiger partial charge is 0.247 e. The van der Waals surface area contributed by atoms with Crippen molar-refractivity contribution in [3.05, 3.63) is 72.2 Å². The normalized spacial score (nSPS) is 22.5. The Morgan fingerprint density at radius 3 is 2.35 bits per heavy atom. The molecule has 0 unspecified atom stereocenters. The number of amides is 3. The maximum absolute atomic E-state index is 13.5. The second-order valence-corrected chi connectivity index (χ2v) is 15.2. The summed E-state index contributed by atoms with van der Waals surface area (Å²) in [6.07, 6.45) is 8.01. The number of aromatic nitrogens is 2. The number of nitrogens with zero attached hydrogens (tertiary/aromatic N) is 3. The lowest BCUT2D eigenvalue weighted by molar-refractivity contribution is -0.140. The number of fused-ring (bicyclic) bond motifs is 3. The van der Waals surface area contributed by atoms with Gasteiger partial charge >= 0.3 is 0 Å². The highest BCUT2D eigenvalue weighted by atomic mass is 16.5. The standard InChI is InChI=1S/C42H51N5O4/c1-26(2)28(4)42(50)46-18-7-10-37(46)39-43-24-36(44-39)33-15-14-30-21-29(12-13-31(30)22-33)32-16-17-35-34(23-32)25-51-20-6-5-9-27(3)41(49)47-19-8-11-38(47)40(48)45-35/h12-17,21-24,26-28,37-38H,5-11,18-20,25H2,1-4H3,(H,43,44)(H,45,48)/t27-,28-,37-,38-/m0/s1.